The smallest absolute Gasteiger partial charge is 0.123 e. The Morgan fingerprint density at radius 1 is 0.183 bits per heavy atom. The minimum absolute atomic E-state index is 0.346. The van der Waals surface area contributed by atoms with E-state index in [1.54, 1.807) is 0 Å². The predicted molar refractivity (Wildman–Crippen MR) is 379 cm³/mol. The number of rotatable bonds is 16. The molecule has 0 heterocycles. The van der Waals surface area contributed by atoms with Gasteiger partial charge in [0.25, 0.3) is 0 Å². The van der Waals surface area contributed by atoms with Crippen molar-refractivity contribution in [3.63, 3.8) is 0 Å². The van der Waals surface area contributed by atoms with Crippen molar-refractivity contribution in [2.75, 3.05) is 95.6 Å². The van der Waals surface area contributed by atoms with E-state index in [4.69, 9.17) is 0 Å². The standard InChI is InChI=1S/C81H68F4N8/c1-86(2)57-25-33-65(34-26-57)90(61-17-9-53(82)10-18-61)69-41-45-73-74-46-42-70(91(62-19-11-54(83)12-20-62)66-35-27-58(28-36-66)87(3)4)50-78(74)81(77(73)49-69)79-51-71(92(63-21-13-55(84)14-22-63)67-37-29-59(30-38-67)88(5)6)43-47-75(79)76-48-44-72(52-80(76)81)93(64-23-15-56(85)16-24-64)68-39-31-60(32-40-68)89(7)8/h9-52H,1-8H3. The second kappa shape index (κ2) is 23.9. The van der Waals surface area contributed by atoms with Crippen LogP contribution in [0.1, 0.15) is 22.3 Å². The van der Waals surface area contributed by atoms with Crippen LogP contribution in [-0.2, 0) is 5.41 Å². The predicted octanol–water partition coefficient (Wildman–Crippen LogP) is 20.7. The molecule has 2 aliphatic carbocycles. The second-order valence-electron chi connectivity index (χ2n) is 24.6. The first-order valence-corrected chi connectivity index (χ1v) is 30.9. The Hall–Kier alpha value is -11.2. The summed E-state index contributed by atoms with van der Waals surface area (Å²) in [7, 11) is 16.1. The molecule has 460 valence electrons. The summed E-state index contributed by atoms with van der Waals surface area (Å²) in [4.78, 5) is 17.0. The van der Waals surface area contributed by atoms with Crippen molar-refractivity contribution in [3.05, 3.63) is 312 Å². The lowest BCUT2D eigenvalue weighted by Gasteiger charge is -2.35. The van der Waals surface area contributed by atoms with E-state index in [0.717, 1.165) is 136 Å². The molecule has 12 heteroatoms. The zero-order valence-corrected chi connectivity index (χ0v) is 53.0. The van der Waals surface area contributed by atoms with E-state index < -0.39 is 5.41 Å². The summed E-state index contributed by atoms with van der Waals surface area (Å²) >= 11 is 0. The van der Waals surface area contributed by atoms with E-state index in [9.17, 15) is 0 Å². The highest BCUT2D eigenvalue weighted by Gasteiger charge is 2.53. The maximum Gasteiger partial charge on any atom is 0.123 e. The van der Waals surface area contributed by atoms with Gasteiger partial charge in [0.05, 0.1) is 5.41 Å². The van der Waals surface area contributed by atoms with Gasteiger partial charge in [-0.2, -0.15) is 0 Å². The highest BCUT2D eigenvalue weighted by Crippen LogP contribution is 2.65. The molecule has 1 spiro atoms. The third-order valence-electron chi connectivity index (χ3n) is 18.1. The second-order valence-corrected chi connectivity index (χ2v) is 24.6. The maximum absolute atomic E-state index is 15.1. The van der Waals surface area contributed by atoms with Gasteiger partial charge in [0.15, 0.2) is 0 Å². The highest BCUT2D eigenvalue weighted by atomic mass is 19.1. The Balaban J connectivity index is 1.10. The summed E-state index contributed by atoms with van der Waals surface area (Å²) < 4.78 is 60.6. The summed E-state index contributed by atoms with van der Waals surface area (Å²) in [5.74, 6) is -1.38. The number of halogens is 4. The Bertz CT molecular complexity index is 4100. The van der Waals surface area contributed by atoms with Gasteiger partial charge in [-0.1, -0.05) is 24.3 Å². The van der Waals surface area contributed by atoms with Crippen LogP contribution in [0.25, 0.3) is 22.3 Å². The summed E-state index contributed by atoms with van der Waals surface area (Å²) in [5, 5.41) is 0. The molecule has 0 aliphatic heterocycles. The molecule has 14 rings (SSSR count). The van der Waals surface area contributed by atoms with Gasteiger partial charge in [0.2, 0.25) is 0 Å². The topological polar surface area (TPSA) is 25.9 Å². The lowest BCUT2D eigenvalue weighted by molar-refractivity contribution is 0.627. The number of fused-ring (bicyclic) bond motifs is 10. The van der Waals surface area contributed by atoms with Gasteiger partial charge >= 0.3 is 0 Å². The maximum atomic E-state index is 15.1. The SMILES string of the molecule is CN(C)c1ccc(N(c2ccc(F)cc2)c2ccc3c(c2)C2(c4cc(N(c5ccc(F)cc5)c5ccc(N(C)C)cc5)ccc4-3)c3cc(N(c4ccc(F)cc4)c4ccc(N(C)C)cc4)ccc3-c3ccc(N(c4ccc(F)cc4)c4ccc(N(C)C)cc4)cc32)cc1. The van der Waals surface area contributed by atoms with Gasteiger partial charge in [0, 0.05) is 147 Å². The van der Waals surface area contributed by atoms with Gasteiger partial charge in [-0.3, -0.25) is 0 Å². The summed E-state index contributed by atoms with van der Waals surface area (Å²) in [5.41, 5.74) is 20.9. The Labute approximate surface area is 541 Å². The molecular weight excluding hydrogens is 1160 g/mol. The van der Waals surface area contributed by atoms with Gasteiger partial charge in [-0.05, 0) is 287 Å². The quantitative estimate of drug-likeness (QED) is 0.0883. The van der Waals surface area contributed by atoms with Crippen LogP contribution in [-0.4, -0.2) is 56.4 Å². The van der Waals surface area contributed by atoms with Crippen molar-refractivity contribution >= 4 is 91.0 Å². The molecule has 0 saturated carbocycles. The number of benzene rings is 12. The monoisotopic (exact) mass is 1230 g/mol. The van der Waals surface area contributed by atoms with Crippen molar-refractivity contribution in [2.45, 2.75) is 5.41 Å². The first-order chi connectivity index (χ1) is 45.0. The van der Waals surface area contributed by atoms with E-state index >= 15 is 17.6 Å². The highest BCUT2D eigenvalue weighted by molar-refractivity contribution is 6.00. The molecule has 8 nitrogen and oxygen atoms in total. The molecule has 0 bridgehead atoms. The molecule has 0 unspecified atom stereocenters. The fraction of sp³-hybridized carbons (Fsp3) is 0.111. The normalized spacial score (nSPS) is 12.2. The molecule has 12 aromatic rings. The first kappa shape index (κ1) is 59.4. The molecule has 0 amide bonds. The lowest BCUT2D eigenvalue weighted by atomic mass is 9.70. The number of hydrogen-bond acceptors (Lipinski definition) is 8. The third kappa shape index (κ3) is 10.7. The van der Waals surface area contributed by atoms with E-state index in [-0.39, 0.29) is 23.3 Å². The molecule has 2 aliphatic rings. The van der Waals surface area contributed by atoms with Crippen LogP contribution in [0.2, 0.25) is 0 Å². The van der Waals surface area contributed by atoms with E-state index in [1.165, 1.54) is 48.5 Å². The van der Waals surface area contributed by atoms with E-state index in [1.807, 2.05) is 105 Å². The Morgan fingerprint density at radius 2 is 0.323 bits per heavy atom. The molecule has 0 fully saturated rings. The van der Waals surface area contributed by atoms with Gasteiger partial charge in [0.1, 0.15) is 23.3 Å². The van der Waals surface area contributed by atoms with Gasteiger partial charge in [-0.25, -0.2) is 17.6 Å². The average molecular weight is 1230 g/mol. The van der Waals surface area contributed by atoms with Crippen LogP contribution in [0, 0.1) is 23.3 Å². The van der Waals surface area contributed by atoms with Crippen LogP contribution < -0.4 is 39.2 Å². The summed E-state index contributed by atoms with van der Waals surface area (Å²) in [6, 6.07) is 86.8. The van der Waals surface area contributed by atoms with Gasteiger partial charge < -0.3 is 39.2 Å². The number of hydrogen-bond donors (Lipinski definition) is 0. The average Bonchev–Trinajstić information content (AvgIpc) is 1.51. The molecule has 0 saturated heterocycles. The minimum Gasteiger partial charge on any atom is -0.378 e. The van der Waals surface area contributed by atoms with E-state index in [2.05, 4.69) is 209 Å². The van der Waals surface area contributed by atoms with Crippen LogP contribution in [0.15, 0.2) is 267 Å². The van der Waals surface area contributed by atoms with Crippen molar-refractivity contribution in [2.24, 2.45) is 0 Å². The number of nitrogens with zero attached hydrogens (tertiary/aromatic N) is 8. The fourth-order valence-electron chi connectivity index (χ4n) is 13.5. The molecule has 0 aromatic heterocycles. The summed E-state index contributed by atoms with van der Waals surface area (Å²) in [6.45, 7) is 0. The van der Waals surface area contributed by atoms with Gasteiger partial charge in [-0.15, -0.1) is 0 Å². The Kier molecular flexibility index (Phi) is 15.2. The van der Waals surface area contributed by atoms with Crippen LogP contribution in [0.5, 0.6) is 0 Å². The largest absolute Gasteiger partial charge is 0.378 e. The molecule has 0 radical (unpaired) electrons. The van der Waals surface area contributed by atoms with Crippen molar-refractivity contribution in [1.29, 1.82) is 0 Å². The third-order valence-corrected chi connectivity index (χ3v) is 18.1. The van der Waals surface area contributed by atoms with Crippen LogP contribution in [0.3, 0.4) is 0 Å². The minimum atomic E-state index is -1.13. The zero-order chi connectivity index (χ0) is 64.4. The fourth-order valence-corrected chi connectivity index (χ4v) is 13.5. The van der Waals surface area contributed by atoms with Crippen LogP contribution in [0.4, 0.5) is 109 Å². The van der Waals surface area contributed by atoms with Crippen molar-refractivity contribution < 1.29 is 17.6 Å². The molecule has 12 aromatic carbocycles. The molecular formula is C81H68F4N8. The Morgan fingerprint density at radius 3 is 0.484 bits per heavy atom. The van der Waals surface area contributed by atoms with E-state index in [0.29, 0.717) is 0 Å². The first-order valence-electron chi connectivity index (χ1n) is 30.9. The molecule has 0 atom stereocenters. The molecule has 93 heavy (non-hydrogen) atoms. The zero-order valence-electron chi connectivity index (χ0n) is 53.0. The van der Waals surface area contributed by atoms with Crippen LogP contribution >= 0.6 is 0 Å². The van der Waals surface area contributed by atoms with Crippen molar-refractivity contribution in [1.82, 2.24) is 0 Å². The van der Waals surface area contributed by atoms with Crippen molar-refractivity contribution in [3.8, 4) is 22.3 Å². The summed E-state index contributed by atoms with van der Waals surface area (Å²) in [6.07, 6.45) is 0. The number of anilines is 16. The lowest BCUT2D eigenvalue weighted by Crippen LogP contribution is -2.27. The molecule has 0 N–H and O–H groups in total.